The Morgan fingerprint density at radius 3 is 2.25 bits per heavy atom. The molecule has 0 spiro atoms. The summed E-state index contributed by atoms with van der Waals surface area (Å²) in [6.07, 6.45) is 10.3. The Balaban J connectivity index is 1.29. The zero-order valence-corrected chi connectivity index (χ0v) is 19.5. The molecule has 1 atom stereocenters. The lowest BCUT2D eigenvalue weighted by atomic mass is 9.48. The van der Waals surface area contributed by atoms with E-state index in [1.807, 2.05) is 18.3 Å². The van der Waals surface area contributed by atoms with Crippen molar-refractivity contribution in [3.05, 3.63) is 58.6 Å². The molecule has 4 bridgehead atoms. The number of hydrogen-bond acceptors (Lipinski definition) is 4. The number of benzene rings is 2. The van der Waals surface area contributed by atoms with Crippen LogP contribution in [-0.2, 0) is 0 Å². The predicted molar refractivity (Wildman–Crippen MR) is 127 cm³/mol. The molecule has 168 valence electrons. The first-order valence-corrected chi connectivity index (χ1v) is 12.0. The Labute approximate surface area is 195 Å². The lowest BCUT2D eigenvalue weighted by Gasteiger charge is -2.58. The number of hydrogen-bond donors (Lipinski definition) is 0. The molecule has 2 aromatic rings. The number of rotatable bonds is 6. The van der Waals surface area contributed by atoms with Gasteiger partial charge in [0.05, 0.1) is 18.7 Å². The van der Waals surface area contributed by atoms with Crippen molar-refractivity contribution in [3.8, 4) is 11.5 Å². The second-order valence-electron chi connectivity index (χ2n) is 10.0. The first kappa shape index (κ1) is 21.5. The largest absolute Gasteiger partial charge is 0.493 e. The third-order valence-electron chi connectivity index (χ3n) is 7.89. The van der Waals surface area contributed by atoms with Crippen LogP contribution >= 0.6 is 11.6 Å². The van der Waals surface area contributed by atoms with E-state index in [-0.39, 0.29) is 0 Å². The first-order chi connectivity index (χ1) is 15.4. The maximum absolute atomic E-state index is 12.5. The topological polar surface area (TPSA) is 47.9 Å². The average molecular weight is 452 g/mol. The fraction of sp³-hybridized carbons (Fsp3) is 0.481. The van der Waals surface area contributed by atoms with E-state index in [0.717, 1.165) is 23.3 Å². The monoisotopic (exact) mass is 451 g/mol. The molecule has 2 aromatic carbocycles. The Morgan fingerprint density at radius 1 is 1.03 bits per heavy atom. The third-order valence-corrected chi connectivity index (χ3v) is 8.14. The maximum Gasteiger partial charge on any atom is 0.343 e. The minimum atomic E-state index is -0.447. The fourth-order valence-electron chi connectivity index (χ4n) is 6.64. The minimum absolute atomic E-state index is 0.323. The standard InChI is InChI=1S/C27H30ClNO3/c1-17(27-13-19-9-20(14-27)11-21(10-19)15-27)29-16-18-3-8-24(25(12-18)31-2)32-26(30)22-4-6-23(28)7-5-22/h3-8,12,16-17,19-21H,9-11,13-15H2,1-2H3. The third kappa shape index (κ3) is 4.17. The van der Waals surface area contributed by atoms with E-state index in [4.69, 9.17) is 26.1 Å². The maximum atomic E-state index is 12.5. The molecule has 5 heteroatoms. The number of carbonyl (C=O) groups is 1. The van der Waals surface area contributed by atoms with Crippen molar-refractivity contribution in [1.29, 1.82) is 0 Å². The summed E-state index contributed by atoms with van der Waals surface area (Å²) in [6, 6.07) is 12.5. The summed E-state index contributed by atoms with van der Waals surface area (Å²) in [5.41, 5.74) is 1.78. The van der Waals surface area contributed by atoms with E-state index in [0.29, 0.717) is 33.5 Å². The van der Waals surface area contributed by atoms with Crippen LogP contribution < -0.4 is 9.47 Å². The van der Waals surface area contributed by atoms with Gasteiger partial charge in [-0.3, -0.25) is 4.99 Å². The van der Waals surface area contributed by atoms with Crippen molar-refractivity contribution in [1.82, 2.24) is 0 Å². The summed E-state index contributed by atoms with van der Waals surface area (Å²) in [7, 11) is 1.58. The highest BCUT2D eigenvalue weighted by Gasteiger charge is 2.53. The van der Waals surface area contributed by atoms with E-state index in [1.165, 1.54) is 38.5 Å². The smallest absolute Gasteiger partial charge is 0.343 e. The van der Waals surface area contributed by atoms with Gasteiger partial charge in [-0.1, -0.05) is 11.6 Å². The predicted octanol–water partition coefficient (Wildman–Crippen LogP) is 6.59. The van der Waals surface area contributed by atoms with Gasteiger partial charge in [0, 0.05) is 11.2 Å². The van der Waals surface area contributed by atoms with Crippen LogP contribution in [-0.4, -0.2) is 25.3 Å². The quantitative estimate of drug-likeness (QED) is 0.282. The molecule has 4 aliphatic carbocycles. The van der Waals surface area contributed by atoms with Crippen molar-refractivity contribution in [2.24, 2.45) is 28.2 Å². The summed E-state index contributed by atoms with van der Waals surface area (Å²) in [5.74, 6) is 3.23. The van der Waals surface area contributed by atoms with Gasteiger partial charge in [-0.05, 0) is 117 Å². The molecule has 0 radical (unpaired) electrons. The lowest BCUT2D eigenvalue weighted by Crippen LogP contribution is -2.50. The summed E-state index contributed by atoms with van der Waals surface area (Å²) >= 11 is 5.90. The zero-order chi connectivity index (χ0) is 22.3. The number of nitrogens with zero attached hydrogens (tertiary/aromatic N) is 1. The summed E-state index contributed by atoms with van der Waals surface area (Å²) in [6.45, 7) is 2.29. The van der Waals surface area contributed by atoms with Crippen LogP contribution in [0.15, 0.2) is 47.5 Å². The molecule has 0 amide bonds. The van der Waals surface area contributed by atoms with Crippen LogP contribution in [0.2, 0.25) is 5.02 Å². The van der Waals surface area contributed by atoms with Gasteiger partial charge in [0.15, 0.2) is 11.5 Å². The van der Waals surface area contributed by atoms with E-state index < -0.39 is 5.97 Å². The summed E-state index contributed by atoms with van der Waals surface area (Å²) in [5, 5.41) is 0.575. The summed E-state index contributed by atoms with van der Waals surface area (Å²) < 4.78 is 11.0. The van der Waals surface area contributed by atoms with Crippen LogP contribution in [0, 0.1) is 23.2 Å². The minimum Gasteiger partial charge on any atom is -0.493 e. The molecule has 4 fully saturated rings. The number of halogens is 1. The summed E-state index contributed by atoms with van der Waals surface area (Å²) in [4.78, 5) is 17.5. The first-order valence-electron chi connectivity index (χ1n) is 11.6. The number of aliphatic imine (C=N–C) groups is 1. The van der Waals surface area contributed by atoms with Crippen molar-refractivity contribution in [2.75, 3.05) is 7.11 Å². The van der Waals surface area contributed by atoms with E-state index in [1.54, 1.807) is 37.4 Å². The van der Waals surface area contributed by atoms with Gasteiger partial charge in [-0.25, -0.2) is 4.79 Å². The molecule has 6 rings (SSSR count). The molecule has 0 N–H and O–H groups in total. The van der Waals surface area contributed by atoms with Gasteiger partial charge in [-0.15, -0.1) is 0 Å². The second kappa shape index (κ2) is 8.55. The molecule has 0 aromatic heterocycles. The highest BCUT2D eigenvalue weighted by Crippen LogP contribution is 2.61. The highest BCUT2D eigenvalue weighted by molar-refractivity contribution is 6.30. The molecule has 0 heterocycles. The van der Waals surface area contributed by atoms with Crippen molar-refractivity contribution >= 4 is 23.8 Å². The number of methoxy groups -OCH3 is 1. The van der Waals surface area contributed by atoms with E-state index >= 15 is 0 Å². The molecule has 4 saturated carbocycles. The molecule has 0 saturated heterocycles. The van der Waals surface area contributed by atoms with Gasteiger partial charge in [-0.2, -0.15) is 0 Å². The Morgan fingerprint density at radius 2 is 1.66 bits per heavy atom. The van der Waals surface area contributed by atoms with Crippen LogP contribution in [0.5, 0.6) is 11.5 Å². The van der Waals surface area contributed by atoms with Crippen LogP contribution in [0.1, 0.15) is 61.4 Å². The van der Waals surface area contributed by atoms with Gasteiger partial charge >= 0.3 is 5.97 Å². The van der Waals surface area contributed by atoms with Gasteiger partial charge in [0.2, 0.25) is 0 Å². The van der Waals surface area contributed by atoms with Crippen molar-refractivity contribution < 1.29 is 14.3 Å². The number of esters is 1. The number of ether oxygens (including phenoxy) is 2. The van der Waals surface area contributed by atoms with E-state index in [9.17, 15) is 4.79 Å². The molecular formula is C27H30ClNO3. The second-order valence-corrected chi connectivity index (χ2v) is 10.5. The fourth-order valence-corrected chi connectivity index (χ4v) is 6.76. The molecular weight excluding hydrogens is 422 g/mol. The molecule has 1 unspecified atom stereocenters. The zero-order valence-electron chi connectivity index (χ0n) is 18.7. The van der Waals surface area contributed by atoms with E-state index in [2.05, 4.69) is 6.92 Å². The highest BCUT2D eigenvalue weighted by atomic mass is 35.5. The normalized spacial score (nSPS) is 29.3. The van der Waals surface area contributed by atoms with Crippen LogP contribution in [0.25, 0.3) is 0 Å². The SMILES string of the molecule is COc1cc(C=NC(C)C23CC4CC(CC(C4)C2)C3)ccc1OC(=O)c1ccc(Cl)cc1. The van der Waals surface area contributed by atoms with Crippen molar-refractivity contribution in [3.63, 3.8) is 0 Å². The number of carbonyl (C=O) groups excluding carboxylic acids is 1. The Bertz CT molecular complexity index is 994. The molecule has 32 heavy (non-hydrogen) atoms. The van der Waals surface area contributed by atoms with Crippen LogP contribution in [0.4, 0.5) is 0 Å². The molecule has 4 aliphatic rings. The van der Waals surface area contributed by atoms with Gasteiger partial charge in [0.25, 0.3) is 0 Å². The Hall–Kier alpha value is -2.33. The Kier molecular flexibility index (Phi) is 5.75. The van der Waals surface area contributed by atoms with Gasteiger partial charge < -0.3 is 9.47 Å². The molecule has 0 aliphatic heterocycles. The molecule has 4 nitrogen and oxygen atoms in total. The lowest BCUT2D eigenvalue weighted by molar-refractivity contribution is -0.0632. The van der Waals surface area contributed by atoms with Gasteiger partial charge in [0.1, 0.15) is 0 Å². The average Bonchev–Trinajstić information content (AvgIpc) is 2.77. The van der Waals surface area contributed by atoms with Crippen molar-refractivity contribution in [2.45, 2.75) is 51.5 Å². The van der Waals surface area contributed by atoms with Crippen LogP contribution in [0.3, 0.4) is 0 Å².